The van der Waals surface area contributed by atoms with E-state index in [1.165, 1.54) is 6.07 Å². The summed E-state index contributed by atoms with van der Waals surface area (Å²) in [5, 5.41) is 2.09. The Morgan fingerprint density at radius 1 is 0.850 bits per heavy atom. The van der Waals surface area contributed by atoms with E-state index in [4.69, 9.17) is 0 Å². The standard InChI is InChI=1S/C18H13FO/c1-12-6-7-16(11-17(12)19)18(20)15-9-8-13-4-2-3-5-14(13)10-15/h2-11H,1H3. The normalized spacial score (nSPS) is 10.7. The number of ketones is 1. The zero-order valence-corrected chi connectivity index (χ0v) is 11.1. The monoisotopic (exact) mass is 264 g/mol. The lowest BCUT2D eigenvalue weighted by Crippen LogP contribution is -2.02. The van der Waals surface area contributed by atoms with Gasteiger partial charge in [0.25, 0.3) is 0 Å². The van der Waals surface area contributed by atoms with Crippen LogP contribution in [0.1, 0.15) is 21.5 Å². The van der Waals surface area contributed by atoms with Crippen LogP contribution in [0.5, 0.6) is 0 Å². The highest BCUT2D eigenvalue weighted by atomic mass is 19.1. The molecule has 0 aliphatic rings. The fraction of sp³-hybridized carbons (Fsp3) is 0.0556. The molecule has 0 fully saturated rings. The van der Waals surface area contributed by atoms with Crippen LogP contribution in [0.4, 0.5) is 4.39 Å². The average molecular weight is 264 g/mol. The third-order valence-electron chi connectivity index (χ3n) is 3.45. The SMILES string of the molecule is Cc1ccc(C(=O)c2ccc3ccccc3c2)cc1F. The van der Waals surface area contributed by atoms with Crippen LogP contribution in [-0.2, 0) is 0 Å². The molecule has 0 aromatic heterocycles. The summed E-state index contributed by atoms with van der Waals surface area (Å²) in [6, 6.07) is 18.0. The molecule has 0 saturated carbocycles. The Labute approximate surface area is 116 Å². The molecule has 1 nitrogen and oxygen atoms in total. The van der Waals surface area contributed by atoms with E-state index in [2.05, 4.69) is 0 Å². The molecule has 0 heterocycles. The maximum atomic E-state index is 13.6. The molecule has 3 aromatic carbocycles. The molecule has 0 saturated heterocycles. The summed E-state index contributed by atoms with van der Waals surface area (Å²) in [4.78, 5) is 12.4. The number of carbonyl (C=O) groups excluding carboxylic acids is 1. The van der Waals surface area contributed by atoms with Crippen LogP contribution in [0.25, 0.3) is 10.8 Å². The molecule has 3 rings (SSSR count). The minimum atomic E-state index is -0.350. The van der Waals surface area contributed by atoms with Crippen molar-refractivity contribution in [2.45, 2.75) is 6.92 Å². The number of rotatable bonds is 2. The summed E-state index contributed by atoms with van der Waals surface area (Å²) in [6.45, 7) is 1.68. The molecule has 2 heteroatoms. The molecule has 0 radical (unpaired) electrons. The van der Waals surface area contributed by atoms with E-state index in [0.717, 1.165) is 10.8 Å². The van der Waals surface area contributed by atoms with Crippen molar-refractivity contribution < 1.29 is 9.18 Å². The Morgan fingerprint density at radius 2 is 1.50 bits per heavy atom. The van der Waals surface area contributed by atoms with Crippen LogP contribution in [0.2, 0.25) is 0 Å². The number of fused-ring (bicyclic) bond motifs is 1. The molecule has 98 valence electrons. The zero-order chi connectivity index (χ0) is 14.1. The molecule has 0 N–H and O–H groups in total. The van der Waals surface area contributed by atoms with Gasteiger partial charge in [-0.15, -0.1) is 0 Å². The third-order valence-corrected chi connectivity index (χ3v) is 3.45. The van der Waals surface area contributed by atoms with E-state index in [1.807, 2.05) is 36.4 Å². The number of hydrogen-bond acceptors (Lipinski definition) is 1. The van der Waals surface area contributed by atoms with Crippen molar-refractivity contribution in [2.24, 2.45) is 0 Å². The zero-order valence-electron chi connectivity index (χ0n) is 11.1. The molecule has 3 aromatic rings. The van der Waals surface area contributed by atoms with E-state index >= 15 is 0 Å². The predicted octanol–water partition coefficient (Wildman–Crippen LogP) is 4.52. The van der Waals surface area contributed by atoms with Crippen molar-refractivity contribution in [3.8, 4) is 0 Å². The van der Waals surface area contributed by atoms with E-state index in [0.29, 0.717) is 16.7 Å². The second-order valence-corrected chi connectivity index (χ2v) is 4.86. The Balaban J connectivity index is 2.05. The molecular formula is C18H13FO. The minimum Gasteiger partial charge on any atom is -0.289 e. The molecule has 20 heavy (non-hydrogen) atoms. The first-order valence-electron chi connectivity index (χ1n) is 6.45. The van der Waals surface area contributed by atoms with Crippen LogP contribution >= 0.6 is 0 Å². The number of benzene rings is 3. The van der Waals surface area contributed by atoms with E-state index in [-0.39, 0.29) is 11.6 Å². The average Bonchev–Trinajstić information content (AvgIpc) is 2.49. The smallest absolute Gasteiger partial charge is 0.193 e. The van der Waals surface area contributed by atoms with Crippen molar-refractivity contribution in [2.75, 3.05) is 0 Å². The number of aryl methyl sites for hydroxylation is 1. The summed E-state index contributed by atoms with van der Waals surface area (Å²) < 4.78 is 13.6. The molecule has 0 aliphatic carbocycles. The van der Waals surface area contributed by atoms with Gasteiger partial charge < -0.3 is 0 Å². The molecule has 0 bridgehead atoms. The summed E-state index contributed by atoms with van der Waals surface area (Å²) in [5.41, 5.74) is 1.50. The Bertz CT molecular complexity index is 805. The van der Waals surface area contributed by atoms with Crippen LogP contribution in [-0.4, -0.2) is 5.78 Å². The van der Waals surface area contributed by atoms with Gasteiger partial charge in [0.05, 0.1) is 0 Å². The van der Waals surface area contributed by atoms with Crippen LogP contribution in [0.15, 0.2) is 60.7 Å². The van der Waals surface area contributed by atoms with Crippen molar-refractivity contribution in [3.63, 3.8) is 0 Å². The molecule has 0 spiro atoms. The Hall–Kier alpha value is -2.48. The van der Waals surface area contributed by atoms with Crippen molar-refractivity contribution in [1.29, 1.82) is 0 Å². The van der Waals surface area contributed by atoms with Crippen LogP contribution < -0.4 is 0 Å². The number of carbonyl (C=O) groups is 1. The van der Waals surface area contributed by atoms with Crippen LogP contribution in [0.3, 0.4) is 0 Å². The molecule has 0 aliphatic heterocycles. The summed E-state index contributed by atoms with van der Waals surface area (Å²) in [5.74, 6) is -0.508. The highest BCUT2D eigenvalue weighted by Gasteiger charge is 2.11. The van der Waals surface area contributed by atoms with E-state index in [1.54, 1.807) is 25.1 Å². The summed E-state index contributed by atoms with van der Waals surface area (Å²) in [7, 11) is 0. The van der Waals surface area contributed by atoms with Gasteiger partial charge in [-0.25, -0.2) is 4.39 Å². The largest absolute Gasteiger partial charge is 0.289 e. The highest BCUT2D eigenvalue weighted by Crippen LogP contribution is 2.19. The van der Waals surface area contributed by atoms with Gasteiger partial charge in [-0.2, -0.15) is 0 Å². The number of hydrogen-bond donors (Lipinski definition) is 0. The van der Waals surface area contributed by atoms with Crippen molar-refractivity contribution in [1.82, 2.24) is 0 Å². The molecule has 0 unspecified atom stereocenters. The first-order chi connectivity index (χ1) is 9.65. The van der Waals surface area contributed by atoms with Gasteiger partial charge in [0.15, 0.2) is 5.78 Å². The lowest BCUT2D eigenvalue weighted by Gasteiger charge is -2.05. The fourth-order valence-corrected chi connectivity index (χ4v) is 2.23. The topological polar surface area (TPSA) is 17.1 Å². The maximum Gasteiger partial charge on any atom is 0.193 e. The van der Waals surface area contributed by atoms with E-state index in [9.17, 15) is 9.18 Å². The van der Waals surface area contributed by atoms with Crippen molar-refractivity contribution in [3.05, 3.63) is 83.2 Å². The second kappa shape index (κ2) is 4.89. The van der Waals surface area contributed by atoms with Gasteiger partial charge in [0, 0.05) is 11.1 Å². The lowest BCUT2D eigenvalue weighted by atomic mass is 9.99. The second-order valence-electron chi connectivity index (χ2n) is 4.86. The predicted molar refractivity (Wildman–Crippen MR) is 78.5 cm³/mol. The lowest BCUT2D eigenvalue weighted by molar-refractivity contribution is 0.103. The van der Waals surface area contributed by atoms with Gasteiger partial charge in [0.2, 0.25) is 0 Å². The third kappa shape index (κ3) is 2.21. The minimum absolute atomic E-state index is 0.158. The van der Waals surface area contributed by atoms with Crippen molar-refractivity contribution >= 4 is 16.6 Å². The summed E-state index contributed by atoms with van der Waals surface area (Å²) >= 11 is 0. The van der Waals surface area contributed by atoms with Crippen LogP contribution in [0, 0.1) is 12.7 Å². The molecular weight excluding hydrogens is 251 g/mol. The molecule has 0 amide bonds. The van der Waals surface area contributed by atoms with Gasteiger partial charge in [-0.3, -0.25) is 4.79 Å². The Kier molecular flexibility index (Phi) is 3.07. The van der Waals surface area contributed by atoms with E-state index < -0.39 is 0 Å². The quantitative estimate of drug-likeness (QED) is 0.622. The first kappa shape index (κ1) is 12.5. The first-order valence-corrected chi connectivity index (χ1v) is 6.45. The van der Waals surface area contributed by atoms with Gasteiger partial charge in [-0.05, 0) is 35.4 Å². The van der Waals surface area contributed by atoms with Gasteiger partial charge in [0.1, 0.15) is 5.82 Å². The fourth-order valence-electron chi connectivity index (χ4n) is 2.23. The Morgan fingerprint density at radius 3 is 2.25 bits per heavy atom. The molecule has 0 atom stereocenters. The number of halogens is 1. The van der Waals surface area contributed by atoms with Gasteiger partial charge in [-0.1, -0.05) is 48.5 Å². The highest BCUT2D eigenvalue weighted by molar-refractivity contribution is 6.10. The maximum absolute atomic E-state index is 13.6. The summed E-state index contributed by atoms with van der Waals surface area (Å²) in [6.07, 6.45) is 0. The van der Waals surface area contributed by atoms with Gasteiger partial charge >= 0.3 is 0 Å².